The molecule has 3 unspecified atom stereocenters. The fourth-order valence-electron chi connectivity index (χ4n) is 14.5. The number of carbonyl (C=O) groups excluding carboxylic acids is 3. The van der Waals surface area contributed by atoms with E-state index in [9.17, 15) is 48.1 Å². The Kier molecular flexibility index (Phi) is 36.5. The summed E-state index contributed by atoms with van der Waals surface area (Å²) in [5.41, 5.74) is 6.23. The Hall–Kier alpha value is -12.1. The first-order valence-corrected chi connectivity index (χ1v) is 51.8. The third-order valence-corrected chi connectivity index (χ3v) is 26.0. The molecule has 3 atom stereocenters. The summed E-state index contributed by atoms with van der Waals surface area (Å²) in [4.78, 5) is 61.9. The molecule has 670 valence electrons. The van der Waals surface area contributed by atoms with Gasteiger partial charge >= 0.3 is 22.8 Å². The summed E-state index contributed by atoms with van der Waals surface area (Å²) in [6.45, 7) is 13.9. The normalized spacial score (nSPS) is 12.0. The van der Waals surface area contributed by atoms with Gasteiger partial charge in [0.25, 0.3) is 0 Å². The van der Waals surface area contributed by atoms with Crippen LogP contribution in [0.5, 0.6) is 23.0 Å². The molecule has 0 fully saturated rings. The third kappa shape index (κ3) is 26.3. The van der Waals surface area contributed by atoms with Gasteiger partial charge in [0.2, 0.25) is 17.7 Å². The van der Waals surface area contributed by atoms with Gasteiger partial charge in [-0.05, 0) is 179 Å². The van der Waals surface area contributed by atoms with E-state index in [-0.39, 0.29) is 78.1 Å². The molecule has 20 nitrogen and oxygen atoms in total. The molecule has 0 radical (unpaired) electrons. The second-order valence-corrected chi connectivity index (χ2v) is 47.4. The van der Waals surface area contributed by atoms with Gasteiger partial charge in [0.1, 0.15) is 42.9 Å². The van der Waals surface area contributed by atoms with E-state index in [0.29, 0.717) is 51.7 Å². The highest BCUT2D eigenvalue weighted by molar-refractivity contribution is 9.26. The van der Waals surface area contributed by atoms with Crippen LogP contribution < -0.4 is 31.2 Å². The average molecular weight is 1870 g/mol. The van der Waals surface area contributed by atoms with Crippen LogP contribution in [0.15, 0.2) is 334 Å². The zero-order chi connectivity index (χ0) is 89.6. The van der Waals surface area contributed by atoms with Gasteiger partial charge in [-0.15, -0.1) is 15.3 Å². The molecule has 129 heavy (non-hydrogen) atoms. The van der Waals surface area contributed by atoms with Gasteiger partial charge < -0.3 is 69.3 Å². The minimum absolute atomic E-state index is 0. The maximum Gasteiger partial charge on any atom is 0.347 e. The Bertz CT molecular complexity index is 6580. The fourth-order valence-corrected chi connectivity index (χ4v) is 19.4. The lowest BCUT2D eigenvalue weighted by Gasteiger charge is -2.27. The number of amides is 3. The first-order valence-electron chi connectivity index (χ1n) is 41.1. The van der Waals surface area contributed by atoms with E-state index in [0.717, 1.165) is 81.1 Å². The molecule has 0 spiro atoms. The van der Waals surface area contributed by atoms with E-state index in [2.05, 4.69) is 50.9 Å². The van der Waals surface area contributed by atoms with Crippen molar-refractivity contribution in [3.05, 3.63) is 361 Å². The zero-order valence-corrected chi connectivity index (χ0v) is 76.0. The van der Waals surface area contributed by atoms with Crippen LogP contribution in [0.2, 0.25) is 19.6 Å². The second kappa shape index (κ2) is 46.8. The SMILES string of the molecule is C.C.C.CCOP(=O)(OCC)C(C(=O)Nc1cc2ccccc2cc1O)c1cccc2ccccc12.CCOP(=O)(OCC)C(C(=O)Nc1cc2ccccc2cc1OCc1ccccc1)c1cccc2ccccc12.C[Si](C)(C)Br.Nc1cc2ccccc2cc1O.O=C(Nc1cc2ccccc2cc1OCc1ccccc1)C(c1cccc2ccccc12)P(=O)(O)O. The topological polar surface area (TPSA) is 301 Å². The van der Waals surface area contributed by atoms with Gasteiger partial charge in [0.05, 0.1) is 49.2 Å². The molecule has 16 rings (SSSR count). The summed E-state index contributed by atoms with van der Waals surface area (Å²) in [6.07, 6.45) is 0. The number of nitrogens with two attached hydrogens (primary N) is 1. The van der Waals surface area contributed by atoms with E-state index in [1.54, 1.807) is 88.4 Å². The van der Waals surface area contributed by atoms with E-state index in [4.69, 9.17) is 33.3 Å². The van der Waals surface area contributed by atoms with Crippen molar-refractivity contribution in [2.75, 3.05) is 48.1 Å². The van der Waals surface area contributed by atoms with E-state index >= 15 is 0 Å². The van der Waals surface area contributed by atoms with E-state index in [1.807, 2.05) is 273 Å². The highest BCUT2D eigenvalue weighted by Gasteiger charge is 2.46. The van der Waals surface area contributed by atoms with Gasteiger partial charge in [-0.3, -0.25) is 28.1 Å². The smallest absolute Gasteiger partial charge is 0.347 e. The Labute approximate surface area is 763 Å². The van der Waals surface area contributed by atoms with E-state index in [1.165, 1.54) is 0 Å². The molecule has 0 saturated heterocycles. The minimum Gasteiger partial charge on any atom is -0.506 e. The number of benzene rings is 16. The molecule has 0 aliphatic rings. The van der Waals surface area contributed by atoms with Gasteiger partial charge in [0, 0.05) is 0 Å². The molecule has 9 N–H and O–H groups in total. The number of hydrogen-bond donors (Lipinski definition) is 8. The molecule has 0 heterocycles. The summed E-state index contributed by atoms with van der Waals surface area (Å²) in [5, 5.41) is 40.6. The summed E-state index contributed by atoms with van der Waals surface area (Å²) < 4.78 is 75.8. The first-order chi connectivity index (χ1) is 60.7. The number of hydrogen-bond acceptors (Lipinski definition) is 15. The van der Waals surface area contributed by atoms with Crippen LogP contribution in [-0.2, 0) is 59.4 Å². The predicted molar refractivity (Wildman–Crippen MR) is 537 cm³/mol. The van der Waals surface area contributed by atoms with Gasteiger partial charge in [-0.1, -0.05) is 327 Å². The number of nitrogen functional groups attached to an aromatic ring is 1. The highest BCUT2D eigenvalue weighted by Crippen LogP contribution is 2.64. The summed E-state index contributed by atoms with van der Waals surface area (Å²) in [5.74, 6) is -0.901. The van der Waals surface area contributed by atoms with Crippen LogP contribution in [-0.4, -0.2) is 70.8 Å². The van der Waals surface area contributed by atoms with Crippen LogP contribution in [0.4, 0.5) is 22.7 Å². The Balaban J connectivity index is 0.000000198. The molecule has 0 aliphatic heterocycles. The van der Waals surface area contributed by atoms with Gasteiger partial charge in [0.15, 0.2) is 17.0 Å². The average Bonchev–Trinajstić information content (AvgIpc) is 0.773. The van der Waals surface area contributed by atoms with Crippen LogP contribution >= 0.6 is 38.1 Å². The molecule has 3 amide bonds. The number of phenolic OH excluding ortho intramolecular Hbond substituents is 2. The first kappa shape index (κ1) is 101. The predicted octanol–water partition coefficient (Wildman–Crippen LogP) is 27.8. The quantitative estimate of drug-likeness (QED) is 0.00821. The molecule has 16 aromatic rings. The molecular weight excluding hydrogens is 1760 g/mol. The van der Waals surface area contributed by atoms with Crippen molar-refractivity contribution in [2.45, 2.75) is 99.8 Å². The second-order valence-electron chi connectivity index (χ2n) is 30.2. The molecule has 16 aromatic carbocycles. The highest BCUT2D eigenvalue weighted by atomic mass is 79.9. The maximum atomic E-state index is 14.3. The number of halogens is 1. The Morgan fingerprint density at radius 3 is 0.915 bits per heavy atom. The lowest BCUT2D eigenvalue weighted by atomic mass is 10.0. The number of aromatic hydroxyl groups is 2. The van der Waals surface area contributed by atoms with Gasteiger partial charge in [-0.25, -0.2) is 0 Å². The summed E-state index contributed by atoms with van der Waals surface area (Å²) in [7, 11) is -12.7. The number of ether oxygens (including phenoxy) is 2. The van der Waals surface area contributed by atoms with Crippen molar-refractivity contribution < 1.29 is 75.6 Å². The standard InChI is InChI=1S/C33H32NO5P.C29H24NO5P.C26H26NO5P.C10H9NO.C3H9BrSi.3CH4/c1-3-38-40(36,39-4-2)32(29-20-12-18-25-15-10-11-19-28(25)29)33(35)34-30-21-26-16-8-9-17-27(26)22-31(30)37-23-24-13-6-5-7-14-24;31-29(28(36(32,33)34)25-16-8-14-21-11-6-7-15-24(21)25)30-26-17-22-12-4-5-13-23(22)18-27(26)35-19-20-9-2-1-3-10-20;1-3-31-33(30,32-4-2)25(22-15-9-13-18-10-7-8-14-21(18)22)26(29)27-23-16-19-11-5-6-12-20(19)17-24(23)28;11-9-5-7-3-1-2-4-8(7)6-10(9)12;1-5(2,3)4;;;/h5-22,32H,3-4,23H2,1-2H3,(H,34,35);1-18,28H,19H2,(H,30,31)(H2,32,33,34);5-17,25,28H,3-4H2,1-2H3,(H,27,29);1-6,12H,11H2;1-3H3;3*1H4. The monoisotopic (exact) mass is 1870 g/mol. The number of fused-ring (bicyclic) bond motifs is 7. The lowest BCUT2D eigenvalue weighted by molar-refractivity contribution is -0.117. The zero-order valence-electron chi connectivity index (χ0n) is 70.7. The summed E-state index contributed by atoms with van der Waals surface area (Å²) in [6, 6.07) is 103. The van der Waals surface area contributed by atoms with E-state index < -0.39 is 64.2 Å². The van der Waals surface area contributed by atoms with Crippen molar-refractivity contribution in [2.24, 2.45) is 0 Å². The van der Waals surface area contributed by atoms with Crippen molar-refractivity contribution in [1.82, 2.24) is 0 Å². The van der Waals surface area contributed by atoms with Crippen molar-refractivity contribution in [1.29, 1.82) is 0 Å². The van der Waals surface area contributed by atoms with Crippen LogP contribution in [0.3, 0.4) is 0 Å². The number of nitrogens with one attached hydrogen (secondary N) is 3. The Morgan fingerprint density at radius 2 is 0.589 bits per heavy atom. The number of rotatable bonds is 26. The minimum atomic E-state index is -4.87. The Morgan fingerprint density at radius 1 is 0.341 bits per heavy atom. The van der Waals surface area contributed by atoms with Crippen molar-refractivity contribution in [3.63, 3.8) is 0 Å². The molecule has 0 aromatic heterocycles. The lowest BCUT2D eigenvalue weighted by Crippen LogP contribution is -2.24. The molecule has 25 heteroatoms. The number of phenols is 2. The molecule has 0 aliphatic carbocycles. The maximum absolute atomic E-state index is 14.3. The van der Waals surface area contributed by atoms with Crippen LogP contribution in [0.1, 0.15) is 94.8 Å². The largest absolute Gasteiger partial charge is 0.506 e. The number of carbonyl (C=O) groups is 3. The van der Waals surface area contributed by atoms with Crippen LogP contribution in [0, 0.1) is 0 Å². The van der Waals surface area contributed by atoms with Crippen LogP contribution in [0.25, 0.3) is 75.4 Å². The third-order valence-electron chi connectivity index (χ3n) is 20.0. The number of anilines is 4. The van der Waals surface area contributed by atoms with Crippen molar-refractivity contribution >= 4 is 161 Å². The fraction of sp³-hybridized carbons (Fsp3) is 0.183. The molecule has 0 saturated carbocycles. The summed E-state index contributed by atoms with van der Waals surface area (Å²) >= 11 is 3.51. The van der Waals surface area contributed by atoms with Gasteiger partial charge in [-0.2, -0.15) is 0 Å². The molecular formula is C104H112BrN4O16P3Si. The van der Waals surface area contributed by atoms with Crippen molar-refractivity contribution in [3.8, 4) is 23.0 Å². The molecule has 0 bridgehead atoms.